The van der Waals surface area contributed by atoms with E-state index in [1.807, 2.05) is 43.3 Å². The number of fused-ring (bicyclic) bond motifs is 5. The number of hydrogen-bond acceptors (Lipinski definition) is 5. The van der Waals surface area contributed by atoms with Crippen LogP contribution in [0.25, 0.3) is 39.6 Å². The number of pyridine rings is 1. The van der Waals surface area contributed by atoms with Crippen LogP contribution in [0, 0.1) is 0 Å². The quantitative estimate of drug-likeness (QED) is 0.243. The lowest BCUT2D eigenvalue weighted by Crippen LogP contribution is -2.50. The van der Waals surface area contributed by atoms with Gasteiger partial charge in [0, 0.05) is 22.9 Å². The van der Waals surface area contributed by atoms with E-state index in [0.29, 0.717) is 6.61 Å². The Hall–Kier alpha value is -4.91. The fraction of sp³-hybridized carbons (Fsp3) is 0.182. The molecule has 0 bridgehead atoms. The maximum absolute atomic E-state index is 12.3. The number of nitrogens with zero attached hydrogens (tertiary/aromatic N) is 3. The van der Waals surface area contributed by atoms with Gasteiger partial charge in [0.15, 0.2) is 5.82 Å². The number of para-hydroxylation sites is 1. The number of aromatic nitrogens is 3. The molecule has 40 heavy (non-hydrogen) atoms. The maximum atomic E-state index is 12.3. The molecule has 0 atom stereocenters. The number of carbonyl (C=O) groups excluding carboxylic acids is 1. The maximum Gasteiger partial charge on any atom is 0.407 e. The van der Waals surface area contributed by atoms with E-state index in [0.717, 1.165) is 75.9 Å². The van der Waals surface area contributed by atoms with Gasteiger partial charge in [0.05, 0.1) is 34.9 Å². The summed E-state index contributed by atoms with van der Waals surface area (Å²) in [7, 11) is 0. The Kier molecular flexibility index (Phi) is 5.85. The van der Waals surface area contributed by atoms with E-state index in [9.17, 15) is 4.79 Å². The van der Waals surface area contributed by atoms with Gasteiger partial charge in [0.25, 0.3) is 0 Å². The minimum absolute atomic E-state index is 0.351. The lowest BCUT2D eigenvalue weighted by molar-refractivity contribution is 0.115. The second-order valence-electron chi connectivity index (χ2n) is 10.2. The Balaban J connectivity index is 1.43. The van der Waals surface area contributed by atoms with Crippen LogP contribution in [0.5, 0.6) is 0 Å². The molecule has 1 aliphatic carbocycles. The number of imidazole rings is 1. The molecule has 1 saturated carbocycles. The number of ether oxygens (including phenoxy) is 1. The summed E-state index contributed by atoms with van der Waals surface area (Å²) in [4.78, 5) is 22.3. The molecule has 2 aliphatic rings. The largest absolute Gasteiger partial charge is 0.450 e. The average Bonchev–Trinajstić information content (AvgIpc) is 3.30. The van der Waals surface area contributed by atoms with Gasteiger partial charge in [-0.15, -0.1) is 0 Å². The highest BCUT2D eigenvalue weighted by atomic mass is 16.5. The van der Waals surface area contributed by atoms with Crippen LogP contribution in [0.1, 0.15) is 31.7 Å². The summed E-state index contributed by atoms with van der Waals surface area (Å²) in [6, 6.07) is 31.1. The number of anilines is 2. The van der Waals surface area contributed by atoms with Crippen LogP contribution in [-0.4, -0.2) is 27.2 Å². The SMILES string of the molecule is CCOC(=O)NC1(c2ccc(-c3c(-c4ccccc4)nc4n3-c3cccnc3Nc3ccccc3-4)cc2)CCC1. The first-order valence-corrected chi connectivity index (χ1v) is 13.7. The summed E-state index contributed by atoms with van der Waals surface area (Å²) in [5.41, 5.74) is 7.56. The lowest BCUT2D eigenvalue weighted by atomic mass is 9.71. The Labute approximate surface area is 232 Å². The standard InChI is InChI=1S/C33H29N5O2/c1-2-40-32(39)37-33(19-9-20-33)24-17-15-23(16-18-24)29-28(22-10-4-3-5-11-22)36-31-25-12-6-7-13-26(25)35-30-27(38(29)31)14-8-21-34-30/h3-8,10-18,21H,2,9,19-20H2,1H3,(H,34,35)(H,37,39). The van der Waals surface area contributed by atoms with Crippen molar-refractivity contribution < 1.29 is 9.53 Å². The number of benzene rings is 3. The van der Waals surface area contributed by atoms with E-state index in [2.05, 4.69) is 74.8 Å². The Morgan fingerprint density at radius 1 is 0.950 bits per heavy atom. The summed E-state index contributed by atoms with van der Waals surface area (Å²) in [5.74, 6) is 1.63. The summed E-state index contributed by atoms with van der Waals surface area (Å²) in [6.07, 6.45) is 4.29. The van der Waals surface area contributed by atoms with Gasteiger partial charge in [0.1, 0.15) is 5.82 Å². The number of carbonyl (C=O) groups is 1. The lowest BCUT2D eigenvalue weighted by Gasteiger charge is -2.42. The van der Waals surface area contributed by atoms with Gasteiger partial charge in [0.2, 0.25) is 0 Å². The summed E-state index contributed by atoms with van der Waals surface area (Å²) in [6.45, 7) is 2.17. The highest BCUT2D eigenvalue weighted by molar-refractivity contribution is 5.90. The van der Waals surface area contributed by atoms with Crippen LogP contribution in [-0.2, 0) is 10.3 Å². The normalized spacial score (nSPS) is 14.4. The molecule has 0 radical (unpaired) electrons. The van der Waals surface area contributed by atoms with E-state index >= 15 is 0 Å². The van der Waals surface area contributed by atoms with Gasteiger partial charge in [-0.25, -0.2) is 14.8 Å². The van der Waals surface area contributed by atoms with Crippen molar-refractivity contribution in [1.82, 2.24) is 19.9 Å². The van der Waals surface area contributed by atoms with Crippen LogP contribution in [0.4, 0.5) is 16.3 Å². The molecule has 0 unspecified atom stereocenters. The minimum Gasteiger partial charge on any atom is -0.450 e. The fourth-order valence-electron chi connectivity index (χ4n) is 5.81. The van der Waals surface area contributed by atoms with Gasteiger partial charge in [-0.1, -0.05) is 66.7 Å². The number of rotatable bonds is 5. The van der Waals surface area contributed by atoms with Crippen molar-refractivity contribution in [2.45, 2.75) is 31.7 Å². The monoisotopic (exact) mass is 527 g/mol. The number of hydrogen-bond donors (Lipinski definition) is 2. The molecule has 3 aromatic carbocycles. The fourth-order valence-corrected chi connectivity index (χ4v) is 5.81. The number of alkyl carbamates (subject to hydrolysis) is 1. The van der Waals surface area contributed by atoms with E-state index in [1.54, 1.807) is 6.20 Å². The predicted octanol–water partition coefficient (Wildman–Crippen LogP) is 7.45. The van der Waals surface area contributed by atoms with Gasteiger partial charge in [-0.3, -0.25) is 4.57 Å². The van der Waals surface area contributed by atoms with Gasteiger partial charge >= 0.3 is 6.09 Å². The van der Waals surface area contributed by atoms with Gasteiger partial charge < -0.3 is 15.4 Å². The smallest absolute Gasteiger partial charge is 0.407 e. The van der Waals surface area contributed by atoms with Crippen LogP contribution >= 0.6 is 0 Å². The van der Waals surface area contributed by atoms with Crippen LogP contribution in [0.3, 0.4) is 0 Å². The molecule has 3 heterocycles. The first-order valence-electron chi connectivity index (χ1n) is 13.7. The number of nitrogens with one attached hydrogen (secondary N) is 2. The molecular formula is C33H29N5O2. The third-order valence-electron chi connectivity index (χ3n) is 7.91. The molecule has 198 valence electrons. The predicted molar refractivity (Wildman–Crippen MR) is 157 cm³/mol. The molecule has 2 N–H and O–H groups in total. The summed E-state index contributed by atoms with van der Waals surface area (Å²) in [5, 5.41) is 6.65. The van der Waals surface area contributed by atoms with Crippen LogP contribution in [0.15, 0.2) is 97.2 Å². The van der Waals surface area contributed by atoms with E-state index < -0.39 is 0 Å². The second kappa shape index (κ2) is 9.68. The van der Waals surface area contributed by atoms with E-state index in [1.165, 1.54) is 0 Å². The second-order valence-corrected chi connectivity index (χ2v) is 10.2. The topological polar surface area (TPSA) is 81.1 Å². The van der Waals surface area contributed by atoms with Crippen molar-refractivity contribution in [3.05, 3.63) is 103 Å². The molecule has 1 fully saturated rings. The zero-order valence-electron chi connectivity index (χ0n) is 22.2. The summed E-state index contributed by atoms with van der Waals surface area (Å²) < 4.78 is 7.42. The van der Waals surface area contributed by atoms with Crippen molar-refractivity contribution in [3.63, 3.8) is 0 Å². The molecule has 2 aromatic heterocycles. The zero-order chi connectivity index (χ0) is 27.1. The molecule has 7 nitrogen and oxygen atoms in total. The Bertz CT molecular complexity index is 1710. The average molecular weight is 528 g/mol. The van der Waals surface area contributed by atoms with Crippen molar-refractivity contribution in [1.29, 1.82) is 0 Å². The molecule has 1 aliphatic heterocycles. The van der Waals surface area contributed by atoms with Crippen LogP contribution < -0.4 is 10.6 Å². The molecule has 0 saturated heterocycles. The van der Waals surface area contributed by atoms with E-state index in [-0.39, 0.29) is 11.6 Å². The number of amides is 1. The first kappa shape index (κ1) is 24.2. The first-order chi connectivity index (χ1) is 19.7. The molecule has 7 heteroatoms. The zero-order valence-corrected chi connectivity index (χ0v) is 22.2. The molecule has 7 rings (SSSR count). The third kappa shape index (κ3) is 3.93. The highest BCUT2D eigenvalue weighted by Gasteiger charge is 2.40. The van der Waals surface area contributed by atoms with Gasteiger partial charge in [-0.2, -0.15) is 0 Å². The Morgan fingerprint density at radius 2 is 1.73 bits per heavy atom. The van der Waals surface area contributed by atoms with Gasteiger partial charge in [-0.05, 0) is 56.0 Å². The molecular weight excluding hydrogens is 498 g/mol. The Morgan fingerprint density at radius 3 is 2.48 bits per heavy atom. The molecule has 1 amide bonds. The molecule has 0 spiro atoms. The van der Waals surface area contributed by atoms with Crippen molar-refractivity contribution in [3.8, 4) is 39.6 Å². The highest BCUT2D eigenvalue weighted by Crippen LogP contribution is 2.46. The van der Waals surface area contributed by atoms with Crippen molar-refractivity contribution in [2.75, 3.05) is 11.9 Å². The van der Waals surface area contributed by atoms with Crippen molar-refractivity contribution >= 4 is 17.6 Å². The minimum atomic E-state index is -0.388. The van der Waals surface area contributed by atoms with E-state index in [4.69, 9.17) is 9.72 Å². The molecule has 5 aromatic rings. The van der Waals surface area contributed by atoms with Crippen molar-refractivity contribution in [2.24, 2.45) is 0 Å². The third-order valence-corrected chi connectivity index (χ3v) is 7.91. The summed E-state index contributed by atoms with van der Waals surface area (Å²) >= 11 is 0. The van der Waals surface area contributed by atoms with Crippen LogP contribution in [0.2, 0.25) is 0 Å².